The summed E-state index contributed by atoms with van der Waals surface area (Å²) < 4.78 is 10.7. The SMILES string of the molecule is CCCCNc1oc(-c2ccccc2)nc1C(=O)OCC. The molecule has 0 saturated heterocycles. The Hall–Kier alpha value is -2.30. The molecule has 1 heterocycles. The van der Waals surface area contributed by atoms with Crippen LogP contribution < -0.4 is 5.32 Å². The Balaban J connectivity index is 2.28. The highest BCUT2D eigenvalue weighted by atomic mass is 16.5. The molecular formula is C16H20N2O3. The molecule has 0 fully saturated rings. The van der Waals surface area contributed by atoms with E-state index in [0.29, 0.717) is 18.4 Å². The summed E-state index contributed by atoms with van der Waals surface area (Å²) in [4.78, 5) is 16.2. The number of hydrogen-bond donors (Lipinski definition) is 1. The molecule has 2 rings (SSSR count). The van der Waals surface area contributed by atoms with Crippen LogP contribution in [0.5, 0.6) is 0 Å². The van der Waals surface area contributed by atoms with E-state index in [9.17, 15) is 4.79 Å². The summed E-state index contributed by atoms with van der Waals surface area (Å²) in [5.41, 5.74) is 1.03. The van der Waals surface area contributed by atoms with Crippen LogP contribution in [0.15, 0.2) is 34.7 Å². The number of ether oxygens (including phenoxy) is 1. The molecule has 0 saturated carbocycles. The lowest BCUT2D eigenvalue weighted by molar-refractivity contribution is 0.0521. The molecule has 2 aromatic rings. The zero-order valence-corrected chi connectivity index (χ0v) is 12.4. The van der Waals surface area contributed by atoms with Crippen molar-refractivity contribution in [1.82, 2.24) is 4.98 Å². The number of esters is 1. The van der Waals surface area contributed by atoms with E-state index in [2.05, 4.69) is 17.2 Å². The number of carbonyl (C=O) groups is 1. The number of hydrogen-bond acceptors (Lipinski definition) is 5. The van der Waals surface area contributed by atoms with Gasteiger partial charge in [0.2, 0.25) is 17.5 Å². The van der Waals surface area contributed by atoms with Crippen LogP contribution in [0.1, 0.15) is 37.2 Å². The second-order valence-electron chi connectivity index (χ2n) is 4.56. The van der Waals surface area contributed by atoms with Gasteiger partial charge in [0.05, 0.1) is 6.61 Å². The van der Waals surface area contributed by atoms with E-state index in [1.807, 2.05) is 30.3 Å². The van der Waals surface area contributed by atoms with E-state index < -0.39 is 5.97 Å². The Morgan fingerprint density at radius 1 is 1.29 bits per heavy atom. The molecule has 0 aliphatic rings. The predicted octanol–water partition coefficient (Wildman–Crippen LogP) is 3.73. The summed E-state index contributed by atoms with van der Waals surface area (Å²) in [5.74, 6) is 0.320. The van der Waals surface area contributed by atoms with Gasteiger partial charge in [0.25, 0.3) is 0 Å². The highest BCUT2D eigenvalue weighted by molar-refractivity contribution is 5.92. The zero-order chi connectivity index (χ0) is 15.1. The summed E-state index contributed by atoms with van der Waals surface area (Å²) in [6.45, 7) is 4.90. The van der Waals surface area contributed by atoms with Crippen molar-refractivity contribution in [2.75, 3.05) is 18.5 Å². The first-order chi connectivity index (χ1) is 10.3. The maximum absolute atomic E-state index is 12.0. The van der Waals surface area contributed by atoms with Gasteiger partial charge in [0, 0.05) is 12.1 Å². The number of unbranched alkanes of at least 4 members (excludes halogenated alkanes) is 1. The zero-order valence-electron chi connectivity index (χ0n) is 12.4. The number of nitrogens with zero attached hydrogens (tertiary/aromatic N) is 1. The fourth-order valence-electron chi connectivity index (χ4n) is 1.86. The van der Waals surface area contributed by atoms with Gasteiger partial charge < -0.3 is 14.5 Å². The quantitative estimate of drug-likeness (QED) is 0.621. The normalized spacial score (nSPS) is 10.4. The lowest BCUT2D eigenvalue weighted by Crippen LogP contribution is -2.10. The van der Waals surface area contributed by atoms with Crippen LogP contribution in [0.25, 0.3) is 11.5 Å². The number of rotatable bonds is 7. The van der Waals surface area contributed by atoms with Crippen molar-refractivity contribution in [3.05, 3.63) is 36.0 Å². The first-order valence-electron chi connectivity index (χ1n) is 7.23. The predicted molar refractivity (Wildman–Crippen MR) is 81.3 cm³/mol. The number of nitrogens with one attached hydrogen (secondary N) is 1. The van der Waals surface area contributed by atoms with Crippen LogP contribution in [-0.2, 0) is 4.74 Å². The number of aromatic nitrogens is 1. The van der Waals surface area contributed by atoms with E-state index in [4.69, 9.17) is 9.15 Å². The van der Waals surface area contributed by atoms with Crippen molar-refractivity contribution < 1.29 is 13.9 Å². The molecule has 1 N–H and O–H groups in total. The molecule has 0 atom stereocenters. The number of carbonyl (C=O) groups excluding carboxylic acids is 1. The lowest BCUT2D eigenvalue weighted by Gasteiger charge is -2.03. The molecule has 0 aliphatic carbocycles. The first kappa shape index (κ1) is 15.1. The smallest absolute Gasteiger partial charge is 0.362 e. The Labute approximate surface area is 124 Å². The summed E-state index contributed by atoms with van der Waals surface area (Å²) in [6.07, 6.45) is 2.05. The number of oxazole rings is 1. The summed E-state index contributed by atoms with van der Waals surface area (Å²) in [7, 11) is 0. The molecule has 5 heteroatoms. The van der Waals surface area contributed by atoms with Crippen LogP contribution in [-0.4, -0.2) is 24.1 Å². The average Bonchev–Trinajstić information content (AvgIpc) is 2.93. The molecule has 0 spiro atoms. The fourth-order valence-corrected chi connectivity index (χ4v) is 1.86. The van der Waals surface area contributed by atoms with Gasteiger partial charge in [0.1, 0.15) is 0 Å². The van der Waals surface area contributed by atoms with E-state index in [0.717, 1.165) is 24.9 Å². The molecule has 0 bridgehead atoms. The summed E-state index contributed by atoms with van der Waals surface area (Å²) in [5, 5.41) is 3.11. The second-order valence-corrected chi connectivity index (χ2v) is 4.56. The van der Waals surface area contributed by atoms with Gasteiger partial charge in [-0.1, -0.05) is 31.5 Å². The van der Waals surface area contributed by atoms with Crippen LogP contribution in [0.2, 0.25) is 0 Å². The fraction of sp³-hybridized carbons (Fsp3) is 0.375. The highest BCUT2D eigenvalue weighted by Gasteiger charge is 2.21. The molecule has 1 aromatic heterocycles. The molecule has 0 aliphatic heterocycles. The maximum Gasteiger partial charge on any atom is 0.362 e. The Morgan fingerprint density at radius 3 is 2.71 bits per heavy atom. The van der Waals surface area contributed by atoms with E-state index >= 15 is 0 Å². The number of benzene rings is 1. The van der Waals surface area contributed by atoms with Crippen molar-refractivity contribution in [3.63, 3.8) is 0 Å². The third kappa shape index (κ3) is 3.84. The largest absolute Gasteiger partial charge is 0.461 e. The van der Waals surface area contributed by atoms with Crippen LogP contribution in [0.4, 0.5) is 5.88 Å². The van der Waals surface area contributed by atoms with Gasteiger partial charge in [-0.15, -0.1) is 0 Å². The first-order valence-corrected chi connectivity index (χ1v) is 7.23. The molecule has 0 unspecified atom stereocenters. The van der Waals surface area contributed by atoms with E-state index in [1.165, 1.54) is 0 Å². The van der Waals surface area contributed by atoms with Crippen LogP contribution >= 0.6 is 0 Å². The molecule has 1 aromatic carbocycles. The van der Waals surface area contributed by atoms with Gasteiger partial charge >= 0.3 is 5.97 Å². The minimum absolute atomic E-state index is 0.201. The topological polar surface area (TPSA) is 64.4 Å². The molecule has 21 heavy (non-hydrogen) atoms. The highest BCUT2D eigenvalue weighted by Crippen LogP contribution is 2.26. The van der Waals surface area contributed by atoms with Crippen molar-refractivity contribution in [2.24, 2.45) is 0 Å². The van der Waals surface area contributed by atoms with Gasteiger partial charge in [-0.3, -0.25) is 0 Å². The lowest BCUT2D eigenvalue weighted by atomic mass is 10.2. The van der Waals surface area contributed by atoms with Gasteiger partial charge in [-0.25, -0.2) is 4.79 Å². The second kappa shape index (κ2) is 7.47. The van der Waals surface area contributed by atoms with Crippen molar-refractivity contribution in [2.45, 2.75) is 26.7 Å². The average molecular weight is 288 g/mol. The third-order valence-corrected chi connectivity index (χ3v) is 2.93. The van der Waals surface area contributed by atoms with E-state index in [-0.39, 0.29) is 5.69 Å². The van der Waals surface area contributed by atoms with Gasteiger partial charge in [-0.2, -0.15) is 4.98 Å². The molecule has 0 amide bonds. The summed E-state index contributed by atoms with van der Waals surface area (Å²) in [6, 6.07) is 9.48. The van der Waals surface area contributed by atoms with Gasteiger partial charge in [-0.05, 0) is 25.5 Å². The van der Waals surface area contributed by atoms with Crippen molar-refractivity contribution in [1.29, 1.82) is 0 Å². The standard InChI is InChI=1S/C16H20N2O3/c1-3-5-11-17-15-13(16(19)20-4-2)18-14(21-15)12-9-7-6-8-10-12/h6-10,17H,3-5,11H2,1-2H3. The molecule has 112 valence electrons. The monoisotopic (exact) mass is 288 g/mol. The van der Waals surface area contributed by atoms with Crippen LogP contribution in [0.3, 0.4) is 0 Å². The number of anilines is 1. The summed E-state index contributed by atoms with van der Waals surface area (Å²) >= 11 is 0. The molecule has 5 nitrogen and oxygen atoms in total. The van der Waals surface area contributed by atoms with Gasteiger partial charge in [0.15, 0.2) is 0 Å². The van der Waals surface area contributed by atoms with Crippen LogP contribution in [0, 0.1) is 0 Å². The van der Waals surface area contributed by atoms with Crippen molar-refractivity contribution >= 4 is 11.9 Å². The molecule has 0 radical (unpaired) electrons. The minimum atomic E-state index is -0.470. The Morgan fingerprint density at radius 2 is 2.05 bits per heavy atom. The minimum Gasteiger partial charge on any atom is -0.461 e. The maximum atomic E-state index is 12.0. The third-order valence-electron chi connectivity index (χ3n) is 2.93. The van der Waals surface area contributed by atoms with E-state index in [1.54, 1.807) is 6.92 Å². The Bertz CT molecular complexity index is 578. The Kier molecular flexibility index (Phi) is 5.37. The van der Waals surface area contributed by atoms with Crippen molar-refractivity contribution in [3.8, 4) is 11.5 Å². The molecular weight excluding hydrogens is 268 g/mol.